The number of nitrogens with two attached hydrogens (primary N) is 1. The van der Waals surface area contributed by atoms with Crippen LogP contribution in [-0.2, 0) is 20.9 Å². The number of amides is 1. The van der Waals surface area contributed by atoms with Crippen LogP contribution in [0.2, 0.25) is 0 Å². The Bertz CT molecular complexity index is 733. The van der Waals surface area contributed by atoms with Crippen LogP contribution in [0.15, 0.2) is 54.6 Å². The summed E-state index contributed by atoms with van der Waals surface area (Å²) in [7, 11) is 0. The zero-order chi connectivity index (χ0) is 16.9. The van der Waals surface area contributed by atoms with Gasteiger partial charge in [-0.3, -0.25) is 14.5 Å². The number of carbonyl (C=O) groups is 2. The Morgan fingerprint density at radius 3 is 2.67 bits per heavy atom. The highest BCUT2D eigenvalue weighted by molar-refractivity contribution is 6.02. The molecule has 2 N–H and O–H groups in total. The molecule has 1 aliphatic rings. The van der Waals surface area contributed by atoms with Gasteiger partial charge in [0.2, 0.25) is 5.91 Å². The first-order chi connectivity index (χ1) is 11.6. The van der Waals surface area contributed by atoms with Gasteiger partial charge in [0.05, 0.1) is 5.69 Å². The van der Waals surface area contributed by atoms with E-state index in [0.29, 0.717) is 11.4 Å². The molecule has 2 aromatic carbocycles. The van der Waals surface area contributed by atoms with Crippen molar-refractivity contribution in [3.63, 3.8) is 0 Å². The Morgan fingerprint density at radius 2 is 1.88 bits per heavy atom. The van der Waals surface area contributed by atoms with Gasteiger partial charge >= 0.3 is 5.97 Å². The van der Waals surface area contributed by atoms with Crippen molar-refractivity contribution in [2.24, 2.45) is 5.73 Å². The molecule has 0 aliphatic carbocycles. The first-order valence-corrected chi connectivity index (χ1v) is 7.63. The van der Waals surface area contributed by atoms with Gasteiger partial charge in [0.15, 0.2) is 0 Å². The zero-order valence-corrected chi connectivity index (χ0v) is 13.1. The van der Waals surface area contributed by atoms with Crippen molar-refractivity contribution in [1.29, 1.82) is 0 Å². The highest BCUT2D eigenvalue weighted by Crippen LogP contribution is 2.30. The average Bonchev–Trinajstić information content (AvgIpc) is 2.73. The Hall–Kier alpha value is -2.86. The van der Waals surface area contributed by atoms with Gasteiger partial charge in [-0.15, -0.1) is 0 Å². The molecule has 1 unspecified atom stereocenters. The van der Waals surface area contributed by atoms with E-state index >= 15 is 0 Å². The van der Waals surface area contributed by atoms with E-state index in [4.69, 9.17) is 15.2 Å². The number of rotatable bonds is 4. The van der Waals surface area contributed by atoms with Crippen LogP contribution in [0.4, 0.5) is 5.69 Å². The molecule has 1 atom stereocenters. The minimum absolute atomic E-state index is 0.0748. The quantitative estimate of drug-likeness (QED) is 0.861. The van der Waals surface area contributed by atoms with E-state index in [1.165, 1.54) is 4.90 Å². The van der Waals surface area contributed by atoms with Crippen LogP contribution < -0.4 is 15.4 Å². The summed E-state index contributed by atoms with van der Waals surface area (Å²) in [5, 5.41) is 0. The molecule has 0 bridgehead atoms. The third-order valence-electron chi connectivity index (χ3n) is 3.69. The number of hydrogen-bond acceptors (Lipinski definition) is 5. The number of para-hydroxylation sites is 2. The van der Waals surface area contributed by atoms with Crippen LogP contribution >= 0.6 is 0 Å². The van der Waals surface area contributed by atoms with Crippen LogP contribution in [0.1, 0.15) is 5.56 Å². The number of hydrogen-bond donors (Lipinski definition) is 1. The lowest BCUT2D eigenvalue weighted by molar-refractivity contribution is -0.144. The third kappa shape index (κ3) is 3.55. The average molecular weight is 326 g/mol. The number of nitrogens with zero attached hydrogens (tertiary/aromatic N) is 1. The molecule has 1 heterocycles. The number of carbonyl (C=O) groups excluding carboxylic acids is 2. The first-order valence-electron chi connectivity index (χ1n) is 7.63. The summed E-state index contributed by atoms with van der Waals surface area (Å²) in [6, 6.07) is 15.6. The Labute approximate surface area is 139 Å². The van der Waals surface area contributed by atoms with Crippen molar-refractivity contribution < 1.29 is 19.1 Å². The minimum Gasteiger partial charge on any atom is -0.489 e. The summed E-state index contributed by atoms with van der Waals surface area (Å²) >= 11 is 0. The van der Waals surface area contributed by atoms with Crippen molar-refractivity contribution in [1.82, 2.24) is 0 Å². The standard InChI is InChI=1S/C18H18N2O4/c19-14-12-23-16-9-5-4-8-15(16)20(18(14)22)10-17(21)24-11-13-6-2-1-3-7-13/h1-9,14H,10-12,19H2. The fraction of sp³-hybridized carbons (Fsp3) is 0.222. The largest absolute Gasteiger partial charge is 0.489 e. The Kier molecular flexibility index (Phi) is 4.77. The summed E-state index contributed by atoms with van der Waals surface area (Å²) < 4.78 is 10.8. The van der Waals surface area contributed by atoms with E-state index in [0.717, 1.165) is 5.56 Å². The van der Waals surface area contributed by atoms with Crippen LogP contribution in [0, 0.1) is 0 Å². The fourth-order valence-electron chi connectivity index (χ4n) is 2.45. The van der Waals surface area contributed by atoms with E-state index in [1.807, 2.05) is 30.3 Å². The van der Waals surface area contributed by atoms with E-state index in [-0.39, 0.29) is 25.7 Å². The highest BCUT2D eigenvalue weighted by Gasteiger charge is 2.30. The summed E-state index contributed by atoms with van der Waals surface area (Å²) in [5.74, 6) is -0.345. The number of benzene rings is 2. The SMILES string of the molecule is NC1COc2ccccc2N(CC(=O)OCc2ccccc2)C1=O. The van der Waals surface area contributed by atoms with Gasteiger partial charge in [0.25, 0.3) is 0 Å². The van der Waals surface area contributed by atoms with Crippen molar-refractivity contribution in [3.05, 3.63) is 60.2 Å². The molecule has 2 aromatic rings. The van der Waals surface area contributed by atoms with Gasteiger partial charge in [0.1, 0.15) is 31.5 Å². The predicted octanol–water partition coefficient (Wildman–Crippen LogP) is 1.48. The lowest BCUT2D eigenvalue weighted by atomic mass is 10.2. The normalized spacial score (nSPS) is 16.8. The summed E-state index contributed by atoms with van der Waals surface area (Å²) in [4.78, 5) is 25.9. The number of fused-ring (bicyclic) bond motifs is 1. The number of ether oxygens (including phenoxy) is 2. The highest BCUT2D eigenvalue weighted by atomic mass is 16.5. The minimum atomic E-state index is -0.820. The van der Waals surface area contributed by atoms with E-state index in [2.05, 4.69) is 0 Å². The fourth-order valence-corrected chi connectivity index (χ4v) is 2.45. The maximum absolute atomic E-state index is 12.4. The van der Waals surface area contributed by atoms with Crippen molar-refractivity contribution in [3.8, 4) is 5.75 Å². The molecule has 1 amide bonds. The van der Waals surface area contributed by atoms with E-state index < -0.39 is 12.0 Å². The van der Waals surface area contributed by atoms with Crippen LogP contribution in [0.25, 0.3) is 0 Å². The third-order valence-corrected chi connectivity index (χ3v) is 3.69. The molecule has 6 heteroatoms. The topological polar surface area (TPSA) is 81.9 Å². The van der Waals surface area contributed by atoms with Gasteiger partial charge in [-0.25, -0.2) is 0 Å². The molecule has 6 nitrogen and oxygen atoms in total. The van der Waals surface area contributed by atoms with Gasteiger partial charge in [-0.05, 0) is 17.7 Å². The summed E-state index contributed by atoms with van der Waals surface area (Å²) in [6.07, 6.45) is 0. The second-order valence-corrected chi connectivity index (χ2v) is 5.46. The monoisotopic (exact) mass is 326 g/mol. The van der Waals surface area contributed by atoms with Gasteiger partial charge < -0.3 is 15.2 Å². The zero-order valence-electron chi connectivity index (χ0n) is 13.1. The summed E-state index contributed by atoms with van der Waals surface area (Å²) in [5.41, 5.74) is 7.22. The van der Waals surface area contributed by atoms with Gasteiger partial charge in [-0.1, -0.05) is 42.5 Å². The molecule has 3 rings (SSSR count). The van der Waals surface area contributed by atoms with Crippen LogP contribution in [-0.4, -0.2) is 31.1 Å². The van der Waals surface area contributed by atoms with Gasteiger partial charge in [-0.2, -0.15) is 0 Å². The first kappa shape index (κ1) is 16.0. The molecule has 124 valence electrons. The maximum Gasteiger partial charge on any atom is 0.326 e. The lowest BCUT2D eigenvalue weighted by Gasteiger charge is -2.22. The molecule has 0 spiro atoms. The molecule has 0 saturated carbocycles. The molecule has 0 fully saturated rings. The second kappa shape index (κ2) is 7.14. The predicted molar refractivity (Wildman–Crippen MR) is 88.5 cm³/mol. The van der Waals surface area contributed by atoms with E-state index in [9.17, 15) is 9.59 Å². The Morgan fingerprint density at radius 1 is 1.17 bits per heavy atom. The molecular formula is C18H18N2O4. The maximum atomic E-state index is 12.4. The van der Waals surface area contributed by atoms with Gasteiger partial charge in [0, 0.05) is 0 Å². The van der Waals surface area contributed by atoms with Crippen molar-refractivity contribution in [2.45, 2.75) is 12.6 Å². The molecule has 0 radical (unpaired) electrons. The molecule has 0 aromatic heterocycles. The number of anilines is 1. The van der Waals surface area contributed by atoms with Crippen LogP contribution in [0.5, 0.6) is 5.75 Å². The second-order valence-electron chi connectivity index (χ2n) is 5.46. The number of esters is 1. The Balaban J connectivity index is 1.72. The van der Waals surface area contributed by atoms with Crippen molar-refractivity contribution >= 4 is 17.6 Å². The molecular weight excluding hydrogens is 308 g/mol. The lowest BCUT2D eigenvalue weighted by Crippen LogP contribution is -2.47. The van der Waals surface area contributed by atoms with E-state index in [1.54, 1.807) is 24.3 Å². The van der Waals surface area contributed by atoms with Crippen LogP contribution in [0.3, 0.4) is 0 Å². The smallest absolute Gasteiger partial charge is 0.326 e. The summed E-state index contributed by atoms with van der Waals surface area (Å²) in [6.45, 7) is 0.0249. The molecule has 24 heavy (non-hydrogen) atoms. The molecule has 0 saturated heterocycles. The molecule has 1 aliphatic heterocycles. The van der Waals surface area contributed by atoms with Crippen molar-refractivity contribution in [2.75, 3.05) is 18.1 Å².